The van der Waals surface area contributed by atoms with Crippen molar-refractivity contribution in [3.63, 3.8) is 0 Å². The average Bonchev–Trinajstić information content (AvgIpc) is 2.46. The van der Waals surface area contributed by atoms with Gasteiger partial charge in [-0.3, -0.25) is 0 Å². The van der Waals surface area contributed by atoms with Crippen LogP contribution in [0.4, 0.5) is 4.39 Å². The van der Waals surface area contributed by atoms with E-state index >= 15 is 0 Å². The van der Waals surface area contributed by atoms with Crippen LogP contribution in [0.5, 0.6) is 5.75 Å². The molecule has 106 valence electrons. The van der Waals surface area contributed by atoms with Crippen molar-refractivity contribution in [1.82, 2.24) is 0 Å². The monoisotopic (exact) mass is 276 g/mol. The minimum absolute atomic E-state index is 0.184. The predicted molar refractivity (Wildman–Crippen MR) is 74.0 cm³/mol. The lowest BCUT2D eigenvalue weighted by Gasteiger charge is -2.25. The van der Waals surface area contributed by atoms with Crippen LogP contribution in [0, 0.1) is 5.82 Å². The molecule has 0 spiro atoms. The molecule has 0 amide bonds. The lowest BCUT2D eigenvalue weighted by Crippen LogP contribution is -2.15. The van der Waals surface area contributed by atoms with E-state index in [9.17, 15) is 9.50 Å². The molecule has 0 radical (unpaired) electrons. The van der Waals surface area contributed by atoms with Crippen molar-refractivity contribution >= 4 is 0 Å². The van der Waals surface area contributed by atoms with Gasteiger partial charge in [0.25, 0.3) is 0 Å². The third-order valence-electron chi connectivity index (χ3n) is 3.18. The molecule has 0 bridgehead atoms. The molecule has 0 fully saturated rings. The van der Waals surface area contributed by atoms with Gasteiger partial charge in [0.15, 0.2) is 0 Å². The van der Waals surface area contributed by atoms with Gasteiger partial charge in [-0.25, -0.2) is 4.39 Å². The molecular formula is C16H17FO3. The number of halogens is 1. The van der Waals surface area contributed by atoms with Gasteiger partial charge in [-0.2, -0.15) is 0 Å². The molecule has 0 saturated carbocycles. The van der Waals surface area contributed by atoms with Crippen molar-refractivity contribution in [3.8, 4) is 5.75 Å². The standard InChI is InChI=1S/C16H17FO3/c1-19-15(11-6-8-14(18)9-7-11)16(20-2)12-4-3-5-13(17)10-12/h3-10,15-16,18H,1-2H3. The first-order valence-electron chi connectivity index (χ1n) is 6.25. The van der Waals surface area contributed by atoms with Crippen LogP contribution in [0.2, 0.25) is 0 Å². The predicted octanol–water partition coefficient (Wildman–Crippen LogP) is 3.61. The second kappa shape index (κ2) is 6.50. The Morgan fingerprint density at radius 2 is 1.50 bits per heavy atom. The van der Waals surface area contributed by atoms with E-state index in [4.69, 9.17) is 9.47 Å². The van der Waals surface area contributed by atoms with Gasteiger partial charge in [0.05, 0.1) is 0 Å². The number of phenols is 1. The molecular weight excluding hydrogens is 259 g/mol. The minimum Gasteiger partial charge on any atom is -0.508 e. The third kappa shape index (κ3) is 3.15. The van der Waals surface area contributed by atoms with Crippen LogP contribution in [0.25, 0.3) is 0 Å². The summed E-state index contributed by atoms with van der Waals surface area (Å²) in [6.07, 6.45) is -0.817. The molecule has 3 nitrogen and oxygen atoms in total. The van der Waals surface area contributed by atoms with E-state index in [0.717, 1.165) is 5.56 Å². The zero-order chi connectivity index (χ0) is 14.5. The Labute approximate surface area is 117 Å². The van der Waals surface area contributed by atoms with Crippen LogP contribution < -0.4 is 0 Å². The molecule has 2 atom stereocenters. The second-order valence-corrected chi connectivity index (χ2v) is 4.46. The topological polar surface area (TPSA) is 38.7 Å². The Bertz CT molecular complexity index is 554. The molecule has 2 aromatic rings. The third-order valence-corrected chi connectivity index (χ3v) is 3.18. The second-order valence-electron chi connectivity index (χ2n) is 4.46. The van der Waals surface area contributed by atoms with Crippen LogP contribution in [0.3, 0.4) is 0 Å². The minimum atomic E-state index is -0.430. The summed E-state index contributed by atoms with van der Waals surface area (Å²) in [6, 6.07) is 12.9. The van der Waals surface area contributed by atoms with Crippen molar-refractivity contribution in [1.29, 1.82) is 0 Å². The highest BCUT2D eigenvalue weighted by Crippen LogP contribution is 2.34. The fourth-order valence-electron chi connectivity index (χ4n) is 2.22. The molecule has 0 heterocycles. The highest BCUT2D eigenvalue weighted by molar-refractivity contribution is 5.30. The maximum atomic E-state index is 13.4. The van der Waals surface area contributed by atoms with Crippen molar-refractivity contribution in [3.05, 3.63) is 65.5 Å². The van der Waals surface area contributed by atoms with E-state index in [0.29, 0.717) is 5.56 Å². The van der Waals surface area contributed by atoms with E-state index in [2.05, 4.69) is 0 Å². The first kappa shape index (κ1) is 14.5. The summed E-state index contributed by atoms with van der Waals surface area (Å²) in [7, 11) is 3.13. The van der Waals surface area contributed by atoms with Gasteiger partial charge in [-0.05, 0) is 35.4 Å². The molecule has 0 aliphatic rings. The summed E-state index contributed by atoms with van der Waals surface area (Å²) in [5.74, 6) is -0.131. The highest BCUT2D eigenvalue weighted by Gasteiger charge is 2.25. The molecule has 0 aliphatic carbocycles. The van der Waals surface area contributed by atoms with Crippen LogP contribution >= 0.6 is 0 Å². The number of ether oxygens (including phenoxy) is 2. The maximum Gasteiger partial charge on any atom is 0.123 e. The number of methoxy groups -OCH3 is 2. The largest absolute Gasteiger partial charge is 0.508 e. The van der Waals surface area contributed by atoms with E-state index in [1.165, 1.54) is 12.1 Å². The quantitative estimate of drug-likeness (QED) is 0.906. The molecule has 20 heavy (non-hydrogen) atoms. The normalized spacial score (nSPS) is 13.9. The Morgan fingerprint density at radius 1 is 0.900 bits per heavy atom. The van der Waals surface area contributed by atoms with E-state index < -0.39 is 6.10 Å². The van der Waals surface area contributed by atoms with E-state index in [-0.39, 0.29) is 17.7 Å². The van der Waals surface area contributed by atoms with Gasteiger partial charge in [0, 0.05) is 14.2 Å². The number of hydrogen-bond acceptors (Lipinski definition) is 3. The average molecular weight is 276 g/mol. The van der Waals surface area contributed by atoms with Crippen molar-refractivity contribution in [2.75, 3.05) is 14.2 Å². The molecule has 0 aliphatic heterocycles. The van der Waals surface area contributed by atoms with Gasteiger partial charge in [-0.1, -0.05) is 24.3 Å². The smallest absolute Gasteiger partial charge is 0.123 e. The van der Waals surface area contributed by atoms with Gasteiger partial charge in [-0.15, -0.1) is 0 Å². The summed E-state index contributed by atoms with van der Waals surface area (Å²) >= 11 is 0. The van der Waals surface area contributed by atoms with Crippen molar-refractivity contribution in [2.24, 2.45) is 0 Å². The highest BCUT2D eigenvalue weighted by atomic mass is 19.1. The molecule has 2 rings (SSSR count). The number of benzene rings is 2. The zero-order valence-corrected chi connectivity index (χ0v) is 11.4. The first-order chi connectivity index (χ1) is 9.65. The van der Waals surface area contributed by atoms with E-state index in [1.54, 1.807) is 50.6 Å². The summed E-state index contributed by atoms with van der Waals surface area (Å²) in [5, 5.41) is 9.34. The fourth-order valence-corrected chi connectivity index (χ4v) is 2.22. The Kier molecular flexibility index (Phi) is 4.71. The zero-order valence-electron chi connectivity index (χ0n) is 11.4. The lowest BCUT2D eigenvalue weighted by molar-refractivity contribution is -0.0398. The summed E-state index contributed by atoms with van der Waals surface area (Å²) in [5.41, 5.74) is 1.55. The number of phenolic OH excluding ortho intramolecular Hbond substituents is 1. The van der Waals surface area contributed by atoms with Crippen LogP contribution in [0.15, 0.2) is 48.5 Å². The molecule has 0 saturated heterocycles. The summed E-state index contributed by atoms with van der Waals surface area (Å²) < 4.78 is 24.3. The molecule has 2 aromatic carbocycles. The fraction of sp³-hybridized carbons (Fsp3) is 0.250. The van der Waals surface area contributed by atoms with Gasteiger partial charge < -0.3 is 14.6 Å². The summed E-state index contributed by atoms with van der Waals surface area (Å²) in [4.78, 5) is 0. The SMILES string of the molecule is COC(c1ccc(O)cc1)C(OC)c1cccc(F)c1. The van der Waals surface area contributed by atoms with Gasteiger partial charge in [0.2, 0.25) is 0 Å². The molecule has 4 heteroatoms. The molecule has 2 unspecified atom stereocenters. The number of hydrogen-bond donors (Lipinski definition) is 1. The lowest BCUT2D eigenvalue weighted by atomic mass is 9.98. The van der Waals surface area contributed by atoms with Crippen molar-refractivity contribution < 1.29 is 19.0 Å². The maximum absolute atomic E-state index is 13.4. The van der Waals surface area contributed by atoms with E-state index in [1.807, 2.05) is 0 Å². The molecule has 1 N–H and O–H groups in total. The van der Waals surface area contributed by atoms with Gasteiger partial charge >= 0.3 is 0 Å². The Morgan fingerprint density at radius 3 is 2.05 bits per heavy atom. The number of rotatable bonds is 5. The Hall–Kier alpha value is -1.91. The van der Waals surface area contributed by atoms with Crippen LogP contribution in [-0.4, -0.2) is 19.3 Å². The first-order valence-corrected chi connectivity index (χ1v) is 6.25. The number of aromatic hydroxyl groups is 1. The van der Waals surface area contributed by atoms with Crippen molar-refractivity contribution in [2.45, 2.75) is 12.2 Å². The Balaban J connectivity index is 2.34. The van der Waals surface area contributed by atoms with Crippen LogP contribution in [-0.2, 0) is 9.47 Å². The summed E-state index contributed by atoms with van der Waals surface area (Å²) in [6.45, 7) is 0. The van der Waals surface area contributed by atoms with Crippen LogP contribution in [0.1, 0.15) is 23.3 Å². The molecule has 0 aromatic heterocycles. The van der Waals surface area contributed by atoms with Gasteiger partial charge in [0.1, 0.15) is 23.8 Å².